The minimum Gasteiger partial charge on any atom is -0.347 e. The predicted octanol–water partition coefficient (Wildman–Crippen LogP) is 0.244. The van der Waals surface area contributed by atoms with Crippen molar-refractivity contribution in [3.8, 4) is 0 Å². The molecule has 0 atom stereocenters. The molecule has 17 heavy (non-hydrogen) atoms. The highest BCUT2D eigenvalue weighted by Crippen LogP contribution is 2.28. The molecule has 0 heterocycles. The third-order valence-corrected chi connectivity index (χ3v) is 2.65. The summed E-state index contributed by atoms with van der Waals surface area (Å²) < 4.78 is 0. The monoisotopic (exact) mass is 240 g/mol. The topological polar surface area (TPSA) is 75.3 Å². The summed E-state index contributed by atoms with van der Waals surface area (Å²) in [6, 6.07) is 0. The van der Waals surface area contributed by atoms with Crippen LogP contribution in [0.3, 0.4) is 0 Å². The summed E-state index contributed by atoms with van der Waals surface area (Å²) >= 11 is 0. The SMILES string of the molecule is CC(C)(C)C(=O)CNC(=O)CNC(=O)C1CC1. The van der Waals surface area contributed by atoms with Crippen LogP contribution in [0.5, 0.6) is 0 Å². The number of hydrogen-bond acceptors (Lipinski definition) is 3. The van der Waals surface area contributed by atoms with Crippen LogP contribution in [0.2, 0.25) is 0 Å². The van der Waals surface area contributed by atoms with Gasteiger partial charge in [0.05, 0.1) is 13.1 Å². The lowest BCUT2D eigenvalue weighted by atomic mass is 9.91. The van der Waals surface area contributed by atoms with Crippen LogP contribution in [0.15, 0.2) is 0 Å². The van der Waals surface area contributed by atoms with E-state index in [1.165, 1.54) is 0 Å². The second-order valence-electron chi connectivity index (χ2n) is 5.44. The fraction of sp³-hybridized carbons (Fsp3) is 0.750. The molecule has 1 fully saturated rings. The molecule has 0 aromatic heterocycles. The first-order chi connectivity index (χ1) is 7.80. The number of rotatable bonds is 5. The lowest BCUT2D eigenvalue weighted by molar-refractivity contribution is -0.129. The Balaban J connectivity index is 2.16. The molecule has 0 aromatic carbocycles. The maximum Gasteiger partial charge on any atom is 0.239 e. The minimum atomic E-state index is -0.454. The Kier molecular flexibility index (Phi) is 4.26. The molecule has 0 unspecified atom stereocenters. The van der Waals surface area contributed by atoms with Gasteiger partial charge in [-0.25, -0.2) is 0 Å². The van der Waals surface area contributed by atoms with E-state index in [9.17, 15) is 14.4 Å². The Morgan fingerprint density at radius 2 is 1.65 bits per heavy atom. The fourth-order valence-corrected chi connectivity index (χ4v) is 1.16. The van der Waals surface area contributed by atoms with Gasteiger partial charge in [0.15, 0.2) is 5.78 Å². The maximum atomic E-state index is 11.5. The van der Waals surface area contributed by atoms with Crippen molar-refractivity contribution in [3.63, 3.8) is 0 Å². The van der Waals surface area contributed by atoms with Gasteiger partial charge in [0, 0.05) is 11.3 Å². The zero-order chi connectivity index (χ0) is 13.1. The third kappa shape index (κ3) is 4.97. The highest BCUT2D eigenvalue weighted by molar-refractivity contribution is 5.91. The molecule has 0 aromatic rings. The second-order valence-corrected chi connectivity index (χ2v) is 5.44. The summed E-state index contributed by atoms with van der Waals surface area (Å²) in [4.78, 5) is 34.1. The van der Waals surface area contributed by atoms with Gasteiger partial charge in [0.25, 0.3) is 0 Å². The van der Waals surface area contributed by atoms with Crippen molar-refractivity contribution >= 4 is 17.6 Å². The average molecular weight is 240 g/mol. The van der Waals surface area contributed by atoms with Gasteiger partial charge in [-0.15, -0.1) is 0 Å². The van der Waals surface area contributed by atoms with Gasteiger partial charge >= 0.3 is 0 Å². The first kappa shape index (κ1) is 13.7. The van der Waals surface area contributed by atoms with E-state index < -0.39 is 5.41 Å². The van der Waals surface area contributed by atoms with Crippen LogP contribution in [0.4, 0.5) is 0 Å². The number of amides is 2. The highest BCUT2D eigenvalue weighted by Gasteiger charge is 2.29. The second kappa shape index (κ2) is 5.29. The van der Waals surface area contributed by atoms with E-state index in [0.29, 0.717) is 0 Å². The molecule has 0 saturated heterocycles. The Hall–Kier alpha value is -1.39. The van der Waals surface area contributed by atoms with Gasteiger partial charge in [0.2, 0.25) is 11.8 Å². The standard InChI is InChI=1S/C12H20N2O3/c1-12(2,3)9(15)6-13-10(16)7-14-11(17)8-4-5-8/h8H,4-7H2,1-3H3,(H,13,16)(H,14,17). The Morgan fingerprint density at radius 1 is 1.06 bits per heavy atom. The van der Waals surface area contributed by atoms with E-state index in [-0.39, 0.29) is 36.6 Å². The van der Waals surface area contributed by atoms with Gasteiger partial charge in [0.1, 0.15) is 0 Å². The van der Waals surface area contributed by atoms with Crippen molar-refractivity contribution in [2.24, 2.45) is 11.3 Å². The van der Waals surface area contributed by atoms with Crippen LogP contribution in [0, 0.1) is 11.3 Å². The number of Topliss-reactive ketones (excluding diaryl/α,β-unsaturated/α-hetero) is 1. The number of nitrogens with one attached hydrogen (secondary N) is 2. The number of hydrogen-bond donors (Lipinski definition) is 2. The maximum absolute atomic E-state index is 11.5. The quantitative estimate of drug-likeness (QED) is 0.723. The fourth-order valence-electron chi connectivity index (χ4n) is 1.16. The van der Waals surface area contributed by atoms with Crippen LogP contribution in [-0.4, -0.2) is 30.7 Å². The van der Waals surface area contributed by atoms with E-state index in [0.717, 1.165) is 12.8 Å². The average Bonchev–Trinajstić information content (AvgIpc) is 3.04. The molecule has 5 heteroatoms. The number of ketones is 1. The number of carbonyl (C=O) groups is 3. The van der Waals surface area contributed by atoms with E-state index in [2.05, 4.69) is 10.6 Å². The van der Waals surface area contributed by atoms with Gasteiger partial charge in [-0.3, -0.25) is 14.4 Å². The largest absolute Gasteiger partial charge is 0.347 e. The molecular formula is C12H20N2O3. The van der Waals surface area contributed by atoms with Gasteiger partial charge in [-0.05, 0) is 12.8 Å². The third-order valence-electron chi connectivity index (χ3n) is 2.65. The molecule has 0 aliphatic heterocycles. The summed E-state index contributed by atoms with van der Waals surface area (Å²) in [5.41, 5.74) is -0.454. The molecule has 0 radical (unpaired) electrons. The van der Waals surface area contributed by atoms with Crippen LogP contribution in [-0.2, 0) is 14.4 Å². The molecule has 1 aliphatic rings. The van der Waals surface area contributed by atoms with Crippen LogP contribution < -0.4 is 10.6 Å². The van der Waals surface area contributed by atoms with Crippen LogP contribution in [0.25, 0.3) is 0 Å². The van der Waals surface area contributed by atoms with E-state index in [1.54, 1.807) is 20.8 Å². The molecule has 2 N–H and O–H groups in total. The number of carbonyl (C=O) groups excluding carboxylic acids is 3. The molecular weight excluding hydrogens is 220 g/mol. The zero-order valence-corrected chi connectivity index (χ0v) is 10.6. The Bertz CT molecular complexity index is 327. The van der Waals surface area contributed by atoms with Gasteiger partial charge in [-0.2, -0.15) is 0 Å². The molecule has 1 saturated carbocycles. The van der Waals surface area contributed by atoms with Crippen molar-refractivity contribution in [2.75, 3.05) is 13.1 Å². The lowest BCUT2D eigenvalue weighted by Crippen LogP contribution is -2.41. The first-order valence-corrected chi connectivity index (χ1v) is 5.88. The van der Waals surface area contributed by atoms with Crippen molar-refractivity contribution in [1.29, 1.82) is 0 Å². The van der Waals surface area contributed by atoms with Gasteiger partial charge < -0.3 is 10.6 Å². The minimum absolute atomic E-state index is 0.0155. The summed E-state index contributed by atoms with van der Waals surface area (Å²) in [5.74, 6) is -0.322. The van der Waals surface area contributed by atoms with Crippen molar-refractivity contribution in [1.82, 2.24) is 10.6 Å². The highest BCUT2D eigenvalue weighted by atomic mass is 16.2. The van der Waals surface area contributed by atoms with E-state index in [4.69, 9.17) is 0 Å². The molecule has 1 rings (SSSR count). The van der Waals surface area contributed by atoms with Crippen LogP contribution >= 0.6 is 0 Å². The normalized spacial score (nSPS) is 15.2. The summed E-state index contributed by atoms with van der Waals surface area (Å²) in [6.07, 6.45) is 1.83. The van der Waals surface area contributed by atoms with Crippen LogP contribution in [0.1, 0.15) is 33.6 Å². The predicted molar refractivity (Wildman–Crippen MR) is 63.2 cm³/mol. The molecule has 0 spiro atoms. The summed E-state index contributed by atoms with van der Waals surface area (Å²) in [6.45, 7) is 5.37. The first-order valence-electron chi connectivity index (χ1n) is 5.88. The van der Waals surface area contributed by atoms with Crippen molar-refractivity contribution < 1.29 is 14.4 Å². The lowest BCUT2D eigenvalue weighted by Gasteiger charge is -2.16. The molecule has 1 aliphatic carbocycles. The van der Waals surface area contributed by atoms with Gasteiger partial charge in [-0.1, -0.05) is 20.8 Å². The molecule has 2 amide bonds. The Labute approximate surface area is 101 Å². The summed E-state index contributed by atoms with van der Waals surface area (Å²) in [7, 11) is 0. The molecule has 0 bridgehead atoms. The zero-order valence-electron chi connectivity index (χ0n) is 10.6. The molecule has 96 valence electrons. The summed E-state index contributed by atoms with van der Waals surface area (Å²) in [5, 5.41) is 5.05. The van der Waals surface area contributed by atoms with E-state index >= 15 is 0 Å². The van der Waals surface area contributed by atoms with E-state index in [1.807, 2.05) is 0 Å². The van der Waals surface area contributed by atoms with Crippen molar-refractivity contribution in [3.05, 3.63) is 0 Å². The molecule has 5 nitrogen and oxygen atoms in total. The smallest absolute Gasteiger partial charge is 0.239 e. The Morgan fingerprint density at radius 3 is 2.12 bits per heavy atom. The van der Waals surface area contributed by atoms with Crippen molar-refractivity contribution in [2.45, 2.75) is 33.6 Å².